The standard InChI is InChI=1S/C20H18N2O4/c1-2-4-15(5-3-1)26-19-11-14-10-17-18(25-13-24-17)12-16(14)21-20(19)22-6-8-23-9-7-22/h1-5,10-12H,6-9,13H2. The molecular weight excluding hydrogens is 332 g/mol. The van der Waals surface area contributed by atoms with Crippen molar-refractivity contribution in [1.82, 2.24) is 4.98 Å². The largest absolute Gasteiger partial charge is 0.454 e. The summed E-state index contributed by atoms with van der Waals surface area (Å²) >= 11 is 0. The Morgan fingerprint density at radius 2 is 1.69 bits per heavy atom. The Kier molecular flexibility index (Phi) is 3.75. The predicted octanol–water partition coefficient (Wildman–Crippen LogP) is 3.59. The molecule has 1 saturated heterocycles. The molecule has 0 amide bonds. The Hall–Kier alpha value is -2.99. The Labute approximate surface area is 150 Å². The number of fused-ring (bicyclic) bond motifs is 2. The molecule has 0 unspecified atom stereocenters. The van der Waals surface area contributed by atoms with Crippen LogP contribution in [-0.4, -0.2) is 38.1 Å². The SMILES string of the molecule is c1ccc(Oc2cc3cc4c(cc3nc2N2CCOCC2)OCO4)cc1. The average Bonchev–Trinajstić information content (AvgIpc) is 3.14. The van der Waals surface area contributed by atoms with E-state index in [9.17, 15) is 0 Å². The van der Waals surface area contributed by atoms with Gasteiger partial charge in [0.15, 0.2) is 23.1 Å². The molecule has 26 heavy (non-hydrogen) atoms. The first-order chi connectivity index (χ1) is 12.9. The number of rotatable bonds is 3. The van der Waals surface area contributed by atoms with Gasteiger partial charge in [0.25, 0.3) is 0 Å². The first-order valence-electron chi connectivity index (χ1n) is 8.67. The first-order valence-corrected chi connectivity index (χ1v) is 8.67. The van der Waals surface area contributed by atoms with Crippen LogP contribution in [0, 0.1) is 0 Å². The highest BCUT2D eigenvalue weighted by Gasteiger charge is 2.21. The zero-order valence-corrected chi connectivity index (χ0v) is 14.2. The van der Waals surface area contributed by atoms with Crippen LogP contribution in [-0.2, 0) is 4.74 Å². The molecule has 5 rings (SSSR count). The summed E-state index contributed by atoms with van der Waals surface area (Å²) in [6, 6.07) is 15.6. The smallest absolute Gasteiger partial charge is 0.231 e. The minimum Gasteiger partial charge on any atom is -0.454 e. The molecule has 1 aromatic heterocycles. The Morgan fingerprint density at radius 3 is 2.50 bits per heavy atom. The molecule has 2 aliphatic heterocycles. The lowest BCUT2D eigenvalue weighted by atomic mass is 10.2. The van der Waals surface area contributed by atoms with E-state index in [2.05, 4.69) is 4.90 Å². The van der Waals surface area contributed by atoms with E-state index in [1.165, 1.54) is 0 Å². The summed E-state index contributed by atoms with van der Waals surface area (Å²) in [6.45, 7) is 3.19. The van der Waals surface area contributed by atoms with E-state index in [0.29, 0.717) is 13.2 Å². The van der Waals surface area contributed by atoms with Crippen LogP contribution in [0.25, 0.3) is 10.9 Å². The van der Waals surface area contributed by atoms with Crippen LogP contribution in [0.5, 0.6) is 23.0 Å². The van der Waals surface area contributed by atoms with Crippen molar-refractivity contribution in [2.75, 3.05) is 38.0 Å². The lowest BCUT2D eigenvalue weighted by Crippen LogP contribution is -2.37. The quantitative estimate of drug-likeness (QED) is 0.719. The number of morpholine rings is 1. The van der Waals surface area contributed by atoms with Crippen LogP contribution in [0.3, 0.4) is 0 Å². The van der Waals surface area contributed by atoms with Crippen molar-refractivity contribution in [3.8, 4) is 23.0 Å². The third kappa shape index (κ3) is 2.78. The fraction of sp³-hybridized carbons (Fsp3) is 0.250. The van der Waals surface area contributed by atoms with Gasteiger partial charge < -0.3 is 23.8 Å². The molecule has 3 aromatic rings. The summed E-state index contributed by atoms with van der Waals surface area (Å²) in [7, 11) is 0. The minimum atomic E-state index is 0.245. The maximum atomic E-state index is 6.17. The molecular formula is C20H18N2O4. The molecule has 2 aliphatic rings. The number of aromatic nitrogens is 1. The van der Waals surface area contributed by atoms with E-state index >= 15 is 0 Å². The van der Waals surface area contributed by atoms with Crippen molar-refractivity contribution >= 4 is 16.7 Å². The highest BCUT2D eigenvalue weighted by Crippen LogP contribution is 2.40. The van der Waals surface area contributed by atoms with E-state index in [1.807, 2.05) is 48.5 Å². The van der Waals surface area contributed by atoms with Crippen LogP contribution < -0.4 is 19.1 Å². The Morgan fingerprint density at radius 1 is 0.923 bits per heavy atom. The minimum absolute atomic E-state index is 0.245. The molecule has 2 aromatic carbocycles. The van der Waals surface area contributed by atoms with E-state index in [-0.39, 0.29) is 6.79 Å². The fourth-order valence-corrected chi connectivity index (χ4v) is 3.23. The molecule has 0 N–H and O–H groups in total. The van der Waals surface area contributed by atoms with Crippen molar-refractivity contribution in [2.24, 2.45) is 0 Å². The second-order valence-corrected chi connectivity index (χ2v) is 6.22. The number of pyridine rings is 1. The lowest BCUT2D eigenvalue weighted by molar-refractivity contribution is 0.122. The van der Waals surface area contributed by atoms with Crippen LogP contribution in [0.1, 0.15) is 0 Å². The molecule has 0 saturated carbocycles. The van der Waals surface area contributed by atoms with Gasteiger partial charge in [-0.1, -0.05) is 18.2 Å². The molecule has 0 spiro atoms. The second kappa shape index (κ2) is 6.38. The van der Waals surface area contributed by atoms with Crippen LogP contribution in [0.4, 0.5) is 5.82 Å². The van der Waals surface area contributed by atoms with Crippen molar-refractivity contribution in [3.05, 3.63) is 48.5 Å². The maximum Gasteiger partial charge on any atom is 0.231 e. The molecule has 6 nitrogen and oxygen atoms in total. The summed E-state index contributed by atoms with van der Waals surface area (Å²) < 4.78 is 22.6. The highest BCUT2D eigenvalue weighted by atomic mass is 16.7. The van der Waals surface area contributed by atoms with Gasteiger partial charge in [-0.3, -0.25) is 0 Å². The van der Waals surface area contributed by atoms with Crippen molar-refractivity contribution < 1.29 is 18.9 Å². The van der Waals surface area contributed by atoms with Gasteiger partial charge in [-0.15, -0.1) is 0 Å². The molecule has 0 atom stereocenters. The number of anilines is 1. The Bertz CT molecular complexity index is 939. The van der Waals surface area contributed by atoms with Crippen LogP contribution >= 0.6 is 0 Å². The third-order valence-electron chi connectivity index (χ3n) is 4.54. The topological polar surface area (TPSA) is 53.1 Å². The van der Waals surface area contributed by atoms with E-state index in [1.54, 1.807) is 0 Å². The van der Waals surface area contributed by atoms with Gasteiger partial charge >= 0.3 is 0 Å². The Balaban J connectivity index is 1.62. The summed E-state index contributed by atoms with van der Waals surface area (Å²) in [4.78, 5) is 7.08. The van der Waals surface area contributed by atoms with Gasteiger partial charge in [0.05, 0.1) is 18.7 Å². The normalized spacial score (nSPS) is 16.1. The van der Waals surface area contributed by atoms with Crippen molar-refractivity contribution in [3.63, 3.8) is 0 Å². The average molecular weight is 350 g/mol. The molecule has 0 aliphatic carbocycles. The van der Waals surface area contributed by atoms with Gasteiger partial charge in [-0.25, -0.2) is 4.98 Å². The van der Waals surface area contributed by atoms with E-state index < -0.39 is 0 Å². The summed E-state index contributed by atoms with van der Waals surface area (Å²) in [6.07, 6.45) is 0. The fourth-order valence-electron chi connectivity index (χ4n) is 3.23. The number of benzene rings is 2. The zero-order chi connectivity index (χ0) is 17.3. The molecule has 0 bridgehead atoms. The highest BCUT2D eigenvalue weighted by molar-refractivity contribution is 5.87. The van der Waals surface area contributed by atoms with Crippen LogP contribution in [0.2, 0.25) is 0 Å². The monoisotopic (exact) mass is 350 g/mol. The molecule has 132 valence electrons. The number of hydrogen-bond acceptors (Lipinski definition) is 6. The summed E-state index contributed by atoms with van der Waals surface area (Å²) in [5.41, 5.74) is 0.858. The van der Waals surface area contributed by atoms with Crippen molar-refractivity contribution in [2.45, 2.75) is 0 Å². The summed E-state index contributed by atoms with van der Waals surface area (Å²) in [5.74, 6) is 3.80. The number of ether oxygens (including phenoxy) is 4. The maximum absolute atomic E-state index is 6.17. The van der Waals surface area contributed by atoms with E-state index in [0.717, 1.165) is 52.8 Å². The molecule has 0 radical (unpaired) electrons. The van der Waals surface area contributed by atoms with Crippen molar-refractivity contribution in [1.29, 1.82) is 0 Å². The van der Waals surface area contributed by atoms with Gasteiger partial charge in [0.1, 0.15) is 5.75 Å². The first kappa shape index (κ1) is 15.3. The molecule has 6 heteroatoms. The zero-order valence-electron chi connectivity index (χ0n) is 14.2. The third-order valence-corrected chi connectivity index (χ3v) is 4.54. The van der Waals surface area contributed by atoms with Crippen LogP contribution in [0.15, 0.2) is 48.5 Å². The second-order valence-electron chi connectivity index (χ2n) is 6.22. The number of para-hydroxylation sites is 1. The van der Waals surface area contributed by atoms with E-state index in [4.69, 9.17) is 23.9 Å². The summed E-state index contributed by atoms with van der Waals surface area (Å²) in [5, 5.41) is 0.956. The van der Waals surface area contributed by atoms with Gasteiger partial charge in [-0.2, -0.15) is 0 Å². The number of hydrogen-bond donors (Lipinski definition) is 0. The van der Waals surface area contributed by atoms with Gasteiger partial charge in [0.2, 0.25) is 6.79 Å². The molecule has 3 heterocycles. The van der Waals surface area contributed by atoms with Gasteiger partial charge in [0, 0.05) is 24.5 Å². The lowest BCUT2D eigenvalue weighted by Gasteiger charge is -2.29. The molecule has 1 fully saturated rings. The number of nitrogens with zero attached hydrogens (tertiary/aromatic N) is 2. The predicted molar refractivity (Wildman–Crippen MR) is 97.4 cm³/mol. The van der Waals surface area contributed by atoms with Gasteiger partial charge in [-0.05, 0) is 24.3 Å².